The predicted octanol–water partition coefficient (Wildman–Crippen LogP) is 2.66. The molecule has 116 valence electrons. The van der Waals surface area contributed by atoms with Crippen molar-refractivity contribution in [3.63, 3.8) is 0 Å². The summed E-state index contributed by atoms with van der Waals surface area (Å²) in [6.07, 6.45) is 0. The smallest absolute Gasteiger partial charge is 0.243 e. The Balaban J connectivity index is 2.56. The standard InChI is InChI=1S/C15H23BrN4O/c1-10-6-7-11(16)8-12(10)19-13(21)9-18-14(17-5)20-15(2,3)4/h6-8H,9H2,1-5H3,(H,19,21)(H2,17,18,20). The normalized spacial score (nSPS) is 12.0. The minimum Gasteiger partial charge on any atom is -0.352 e. The maximum atomic E-state index is 12.0. The summed E-state index contributed by atoms with van der Waals surface area (Å²) in [5.41, 5.74) is 1.71. The van der Waals surface area contributed by atoms with E-state index in [-0.39, 0.29) is 18.0 Å². The lowest BCUT2D eigenvalue weighted by atomic mass is 10.1. The summed E-state index contributed by atoms with van der Waals surface area (Å²) in [5, 5.41) is 9.07. The molecule has 5 nitrogen and oxygen atoms in total. The van der Waals surface area contributed by atoms with Crippen molar-refractivity contribution in [1.29, 1.82) is 0 Å². The van der Waals surface area contributed by atoms with Gasteiger partial charge in [-0.15, -0.1) is 0 Å². The molecule has 0 aromatic heterocycles. The van der Waals surface area contributed by atoms with Crippen LogP contribution in [0.2, 0.25) is 0 Å². The highest BCUT2D eigenvalue weighted by atomic mass is 79.9. The molecule has 0 aliphatic carbocycles. The van der Waals surface area contributed by atoms with E-state index in [1.54, 1.807) is 7.05 Å². The molecule has 1 amide bonds. The molecule has 0 atom stereocenters. The van der Waals surface area contributed by atoms with E-state index in [1.807, 2.05) is 45.9 Å². The van der Waals surface area contributed by atoms with Crippen LogP contribution < -0.4 is 16.0 Å². The Morgan fingerprint density at radius 3 is 2.57 bits per heavy atom. The first-order valence-electron chi connectivity index (χ1n) is 6.76. The van der Waals surface area contributed by atoms with Crippen LogP contribution in [0.25, 0.3) is 0 Å². The molecule has 0 bridgehead atoms. The number of carbonyl (C=O) groups excluding carboxylic acids is 1. The number of guanidine groups is 1. The number of hydrogen-bond acceptors (Lipinski definition) is 2. The van der Waals surface area contributed by atoms with Crippen LogP contribution in [-0.2, 0) is 4.79 Å². The second-order valence-electron chi connectivity index (χ2n) is 5.81. The highest BCUT2D eigenvalue weighted by Crippen LogP contribution is 2.20. The van der Waals surface area contributed by atoms with Crippen molar-refractivity contribution in [2.24, 2.45) is 4.99 Å². The van der Waals surface area contributed by atoms with Crippen LogP contribution in [0.5, 0.6) is 0 Å². The van der Waals surface area contributed by atoms with E-state index in [2.05, 4.69) is 36.9 Å². The largest absolute Gasteiger partial charge is 0.352 e. The summed E-state index contributed by atoms with van der Waals surface area (Å²) in [6, 6.07) is 5.78. The molecule has 0 aliphatic heterocycles. The number of amides is 1. The van der Waals surface area contributed by atoms with Gasteiger partial charge in [-0.3, -0.25) is 9.79 Å². The number of carbonyl (C=O) groups is 1. The molecule has 3 N–H and O–H groups in total. The average Bonchev–Trinajstić information content (AvgIpc) is 2.37. The third kappa shape index (κ3) is 6.62. The molecule has 0 fully saturated rings. The molecule has 0 saturated carbocycles. The molecular weight excluding hydrogens is 332 g/mol. The van der Waals surface area contributed by atoms with Crippen LogP contribution in [0.4, 0.5) is 5.69 Å². The van der Waals surface area contributed by atoms with Crippen LogP contribution in [0.15, 0.2) is 27.7 Å². The van der Waals surface area contributed by atoms with Crippen molar-refractivity contribution in [3.8, 4) is 0 Å². The number of halogens is 1. The summed E-state index contributed by atoms with van der Waals surface area (Å²) >= 11 is 3.40. The first kappa shape index (κ1) is 17.5. The molecule has 1 aromatic carbocycles. The zero-order valence-electron chi connectivity index (χ0n) is 13.2. The summed E-state index contributed by atoms with van der Waals surface area (Å²) in [6.45, 7) is 8.21. The van der Waals surface area contributed by atoms with Crippen LogP contribution in [0.3, 0.4) is 0 Å². The van der Waals surface area contributed by atoms with Gasteiger partial charge >= 0.3 is 0 Å². The lowest BCUT2D eigenvalue weighted by Gasteiger charge is -2.23. The minimum atomic E-state index is -0.118. The molecule has 0 radical (unpaired) electrons. The van der Waals surface area contributed by atoms with Gasteiger partial charge in [0, 0.05) is 22.7 Å². The van der Waals surface area contributed by atoms with Crippen molar-refractivity contribution >= 4 is 33.5 Å². The average molecular weight is 355 g/mol. The number of benzene rings is 1. The van der Waals surface area contributed by atoms with E-state index in [4.69, 9.17) is 0 Å². The summed E-state index contributed by atoms with van der Waals surface area (Å²) in [7, 11) is 1.68. The van der Waals surface area contributed by atoms with Crippen LogP contribution >= 0.6 is 15.9 Å². The Labute approximate surface area is 134 Å². The third-order valence-electron chi connectivity index (χ3n) is 2.61. The highest BCUT2D eigenvalue weighted by molar-refractivity contribution is 9.10. The molecule has 0 aliphatic rings. The molecule has 21 heavy (non-hydrogen) atoms. The number of aryl methyl sites for hydroxylation is 1. The molecular formula is C15H23BrN4O. The van der Waals surface area contributed by atoms with Gasteiger partial charge in [0.2, 0.25) is 5.91 Å². The molecule has 6 heteroatoms. The number of anilines is 1. The Kier molecular flexibility index (Phi) is 6.20. The van der Waals surface area contributed by atoms with Gasteiger partial charge in [0.05, 0.1) is 6.54 Å². The minimum absolute atomic E-state index is 0.112. The number of nitrogens with zero attached hydrogens (tertiary/aromatic N) is 1. The summed E-state index contributed by atoms with van der Waals surface area (Å²) in [4.78, 5) is 16.1. The van der Waals surface area contributed by atoms with Gasteiger partial charge < -0.3 is 16.0 Å². The summed E-state index contributed by atoms with van der Waals surface area (Å²) < 4.78 is 0.932. The Morgan fingerprint density at radius 2 is 2.00 bits per heavy atom. The molecule has 0 saturated heterocycles. The molecule has 1 rings (SSSR count). The van der Waals surface area contributed by atoms with Gasteiger partial charge in [-0.25, -0.2) is 0 Å². The maximum absolute atomic E-state index is 12.0. The van der Waals surface area contributed by atoms with Crippen molar-refractivity contribution in [3.05, 3.63) is 28.2 Å². The molecule has 1 aromatic rings. The lowest BCUT2D eigenvalue weighted by molar-refractivity contribution is -0.115. The van der Waals surface area contributed by atoms with Gasteiger partial charge in [0.25, 0.3) is 0 Å². The zero-order chi connectivity index (χ0) is 16.0. The first-order chi connectivity index (χ1) is 9.71. The van der Waals surface area contributed by atoms with Gasteiger partial charge in [0.15, 0.2) is 5.96 Å². The summed E-state index contributed by atoms with van der Waals surface area (Å²) in [5.74, 6) is 0.483. The highest BCUT2D eigenvalue weighted by Gasteiger charge is 2.12. The number of aliphatic imine (C=N–C) groups is 1. The van der Waals surface area contributed by atoms with Crippen molar-refractivity contribution in [2.45, 2.75) is 33.2 Å². The lowest BCUT2D eigenvalue weighted by Crippen LogP contribution is -2.49. The molecule has 0 spiro atoms. The zero-order valence-corrected chi connectivity index (χ0v) is 14.8. The second kappa shape index (κ2) is 7.45. The van der Waals surface area contributed by atoms with E-state index in [0.717, 1.165) is 15.7 Å². The fourth-order valence-electron chi connectivity index (χ4n) is 1.62. The molecule has 0 heterocycles. The molecule has 0 unspecified atom stereocenters. The van der Waals surface area contributed by atoms with E-state index in [0.29, 0.717) is 5.96 Å². The number of rotatable bonds is 3. The first-order valence-corrected chi connectivity index (χ1v) is 7.55. The van der Waals surface area contributed by atoms with Gasteiger partial charge in [-0.05, 0) is 45.4 Å². The maximum Gasteiger partial charge on any atom is 0.243 e. The number of nitrogens with one attached hydrogen (secondary N) is 3. The van der Waals surface area contributed by atoms with Crippen LogP contribution in [0.1, 0.15) is 26.3 Å². The van der Waals surface area contributed by atoms with Gasteiger partial charge in [0.1, 0.15) is 0 Å². The Hall–Kier alpha value is -1.56. The van der Waals surface area contributed by atoms with Crippen molar-refractivity contribution in [1.82, 2.24) is 10.6 Å². The topological polar surface area (TPSA) is 65.5 Å². The van der Waals surface area contributed by atoms with E-state index >= 15 is 0 Å². The van der Waals surface area contributed by atoms with Gasteiger partial charge in [-0.2, -0.15) is 0 Å². The quantitative estimate of drug-likeness (QED) is 0.577. The Morgan fingerprint density at radius 1 is 1.33 bits per heavy atom. The van der Waals surface area contributed by atoms with Crippen LogP contribution in [0, 0.1) is 6.92 Å². The Bertz CT molecular complexity index is 535. The third-order valence-corrected chi connectivity index (χ3v) is 3.10. The fraction of sp³-hybridized carbons (Fsp3) is 0.467. The van der Waals surface area contributed by atoms with Crippen molar-refractivity contribution in [2.75, 3.05) is 18.9 Å². The second-order valence-corrected chi connectivity index (χ2v) is 6.72. The van der Waals surface area contributed by atoms with E-state index in [9.17, 15) is 4.79 Å². The van der Waals surface area contributed by atoms with E-state index in [1.165, 1.54) is 0 Å². The fourth-order valence-corrected chi connectivity index (χ4v) is 1.98. The van der Waals surface area contributed by atoms with Crippen molar-refractivity contribution < 1.29 is 4.79 Å². The van der Waals surface area contributed by atoms with E-state index < -0.39 is 0 Å². The number of hydrogen-bond donors (Lipinski definition) is 3. The van der Waals surface area contributed by atoms with Gasteiger partial charge in [-0.1, -0.05) is 22.0 Å². The SMILES string of the molecule is CN=C(NCC(=O)Nc1cc(Br)ccc1C)NC(C)(C)C. The monoisotopic (exact) mass is 354 g/mol. The predicted molar refractivity (Wildman–Crippen MR) is 91.8 cm³/mol. The van der Waals surface area contributed by atoms with Crippen LogP contribution in [-0.4, -0.2) is 31.0 Å².